The molecule has 0 bridgehead atoms. The predicted molar refractivity (Wildman–Crippen MR) is 74.0 cm³/mol. The second kappa shape index (κ2) is 7.01. The van der Waals surface area contributed by atoms with Crippen molar-refractivity contribution in [1.82, 2.24) is 4.98 Å². The lowest BCUT2D eigenvalue weighted by Gasteiger charge is -2.34. The van der Waals surface area contributed by atoms with Crippen LogP contribution < -0.4 is 5.11 Å². The van der Waals surface area contributed by atoms with E-state index in [4.69, 9.17) is 0 Å². The first-order valence-electron chi connectivity index (χ1n) is 5.63. The van der Waals surface area contributed by atoms with Crippen LogP contribution in [-0.2, 0) is 4.79 Å². The first-order valence-corrected chi connectivity index (χ1v) is 7.95. The predicted octanol–water partition coefficient (Wildman–Crippen LogP) is 1.04. The molecular formula is C12H18N2O2S2. The smallest absolute Gasteiger partial charge is 0.129 e. The molecule has 0 N–H and O–H groups in total. The highest BCUT2D eigenvalue weighted by Gasteiger charge is 2.24. The summed E-state index contributed by atoms with van der Waals surface area (Å²) in [6, 6.07) is 5.28. The molecule has 0 amide bonds. The van der Waals surface area contributed by atoms with Crippen molar-refractivity contribution in [3.63, 3.8) is 0 Å². The molecule has 4 nitrogen and oxygen atoms in total. The fourth-order valence-electron chi connectivity index (χ4n) is 1.48. The molecule has 100 valence electrons. The maximum absolute atomic E-state index is 11.1. The van der Waals surface area contributed by atoms with Crippen LogP contribution in [0.1, 0.15) is 6.42 Å². The summed E-state index contributed by atoms with van der Waals surface area (Å²) in [5.74, 6) is -0.221. The quantitative estimate of drug-likeness (QED) is 0.426. The largest absolute Gasteiger partial charge is 0.544 e. The second-order valence-electron chi connectivity index (χ2n) is 4.81. The number of aromatic nitrogens is 1. The molecule has 0 fully saturated rings. The molecule has 1 atom stereocenters. The first kappa shape index (κ1) is 15.3. The van der Waals surface area contributed by atoms with Gasteiger partial charge in [0.15, 0.2) is 0 Å². The van der Waals surface area contributed by atoms with Crippen LogP contribution >= 0.6 is 21.6 Å². The van der Waals surface area contributed by atoms with Crippen molar-refractivity contribution in [2.45, 2.75) is 17.5 Å². The van der Waals surface area contributed by atoms with Gasteiger partial charge in [0, 0.05) is 18.4 Å². The van der Waals surface area contributed by atoms with Crippen LogP contribution in [-0.4, -0.2) is 48.4 Å². The van der Waals surface area contributed by atoms with Crippen LogP contribution in [0.4, 0.5) is 0 Å². The van der Waals surface area contributed by atoms with Gasteiger partial charge in [0.1, 0.15) is 11.1 Å². The highest BCUT2D eigenvalue weighted by atomic mass is 33.1. The molecule has 1 aromatic rings. The highest BCUT2D eigenvalue weighted by molar-refractivity contribution is 8.76. The first-order chi connectivity index (χ1) is 8.41. The van der Waals surface area contributed by atoms with Crippen molar-refractivity contribution < 1.29 is 14.4 Å². The van der Waals surface area contributed by atoms with Crippen molar-refractivity contribution >= 4 is 27.6 Å². The van der Waals surface area contributed by atoms with Gasteiger partial charge in [-0.25, -0.2) is 4.98 Å². The number of hydrogen-bond donors (Lipinski definition) is 0. The van der Waals surface area contributed by atoms with Crippen LogP contribution in [0.5, 0.6) is 0 Å². The third-order valence-electron chi connectivity index (χ3n) is 2.46. The molecule has 1 heterocycles. The number of carbonyl (C=O) groups excluding carboxylic acids is 1. The monoisotopic (exact) mass is 286 g/mol. The van der Waals surface area contributed by atoms with Crippen molar-refractivity contribution in [2.75, 3.05) is 26.9 Å². The molecule has 0 aliphatic carbocycles. The number of rotatable bonds is 7. The second-order valence-corrected chi connectivity index (χ2v) is 7.25. The van der Waals surface area contributed by atoms with E-state index < -0.39 is 12.0 Å². The minimum atomic E-state index is -0.981. The van der Waals surface area contributed by atoms with Gasteiger partial charge >= 0.3 is 0 Å². The number of pyridine rings is 1. The minimum absolute atomic E-state index is 0.386. The molecule has 0 saturated heterocycles. The van der Waals surface area contributed by atoms with Crippen LogP contribution in [0.15, 0.2) is 29.4 Å². The Labute approximate surface area is 116 Å². The van der Waals surface area contributed by atoms with E-state index in [9.17, 15) is 9.90 Å². The molecule has 0 aliphatic heterocycles. The Morgan fingerprint density at radius 2 is 2.17 bits per heavy atom. The van der Waals surface area contributed by atoms with E-state index in [2.05, 4.69) is 4.98 Å². The number of carboxylic acid groups (broad SMARTS) is 1. The van der Waals surface area contributed by atoms with E-state index in [1.807, 2.05) is 39.3 Å². The van der Waals surface area contributed by atoms with Crippen LogP contribution in [0, 0.1) is 0 Å². The summed E-state index contributed by atoms with van der Waals surface area (Å²) in [6.07, 6.45) is 2.34. The van der Waals surface area contributed by atoms with Crippen LogP contribution in [0.25, 0.3) is 0 Å². The van der Waals surface area contributed by atoms with Crippen molar-refractivity contribution in [3.05, 3.63) is 24.4 Å². The SMILES string of the molecule is C[N+](C)(C)C(CCSSc1ccccn1)C(=O)[O-]. The topological polar surface area (TPSA) is 53.0 Å². The Hall–Kier alpha value is -0.720. The van der Waals surface area contributed by atoms with E-state index >= 15 is 0 Å². The summed E-state index contributed by atoms with van der Waals surface area (Å²) in [5, 5.41) is 12.0. The number of carboxylic acids is 1. The molecular weight excluding hydrogens is 268 g/mol. The highest BCUT2D eigenvalue weighted by Crippen LogP contribution is 2.30. The molecule has 0 radical (unpaired) electrons. The zero-order valence-corrected chi connectivity index (χ0v) is 12.5. The average molecular weight is 286 g/mol. The normalized spacial score (nSPS) is 13.3. The maximum atomic E-state index is 11.1. The summed E-state index contributed by atoms with van der Waals surface area (Å²) < 4.78 is 0.386. The van der Waals surface area contributed by atoms with Crippen LogP contribution in [0.2, 0.25) is 0 Å². The molecule has 1 rings (SSSR count). The molecule has 0 saturated carbocycles. The summed E-state index contributed by atoms with van der Waals surface area (Å²) in [4.78, 5) is 15.2. The summed E-state index contributed by atoms with van der Waals surface area (Å²) in [6.45, 7) is 0. The number of carbonyl (C=O) groups is 1. The number of likely N-dealkylation sites (N-methyl/N-ethyl adjacent to an activating group) is 1. The molecule has 18 heavy (non-hydrogen) atoms. The van der Waals surface area contributed by atoms with Gasteiger partial charge < -0.3 is 14.4 Å². The van der Waals surface area contributed by atoms with E-state index in [0.717, 1.165) is 10.8 Å². The lowest BCUT2D eigenvalue weighted by Crippen LogP contribution is -2.55. The van der Waals surface area contributed by atoms with E-state index in [1.54, 1.807) is 27.8 Å². The third kappa shape index (κ3) is 5.29. The van der Waals surface area contributed by atoms with E-state index in [1.165, 1.54) is 0 Å². The zero-order valence-electron chi connectivity index (χ0n) is 10.8. The van der Waals surface area contributed by atoms with Gasteiger partial charge in [-0.2, -0.15) is 0 Å². The third-order valence-corrected chi connectivity index (χ3v) is 4.76. The van der Waals surface area contributed by atoms with Gasteiger partial charge in [0.25, 0.3) is 0 Å². The molecule has 0 aliphatic rings. The molecule has 1 unspecified atom stereocenters. The Balaban J connectivity index is 2.34. The van der Waals surface area contributed by atoms with Gasteiger partial charge in [-0.15, -0.1) is 0 Å². The number of hydrogen-bond acceptors (Lipinski definition) is 5. The van der Waals surface area contributed by atoms with Crippen molar-refractivity contribution in [2.24, 2.45) is 0 Å². The van der Waals surface area contributed by atoms with Gasteiger partial charge in [0.2, 0.25) is 0 Å². The number of quaternary nitrogens is 1. The molecule has 1 aromatic heterocycles. The summed E-state index contributed by atoms with van der Waals surface area (Å²) >= 11 is 0. The molecule has 0 aromatic carbocycles. The minimum Gasteiger partial charge on any atom is -0.544 e. The molecule has 0 spiro atoms. The van der Waals surface area contributed by atoms with Gasteiger partial charge in [-0.05, 0) is 22.9 Å². The van der Waals surface area contributed by atoms with Crippen molar-refractivity contribution in [1.29, 1.82) is 0 Å². The summed E-state index contributed by atoms with van der Waals surface area (Å²) in [7, 11) is 8.81. The van der Waals surface area contributed by atoms with E-state index in [0.29, 0.717) is 10.9 Å². The number of nitrogens with zero attached hydrogens (tertiary/aromatic N) is 2. The Bertz CT molecular complexity index is 379. The van der Waals surface area contributed by atoms with Gasteiger partial charge in [-0.1, -0.05) is 16.9 Å². The lowest BCUT2D eigenvalue weighted by molar-refractivity contribution is -0.889. The fourth-order valence-corrected chi connectivity index (χ4v) is 3.44. The summed E-state index contributed by atoms with van der Waals surface area (Å²) in [5.41, 5.74) is 0. The standard InChI is InChI=1S/C12H18N2O2S2/c1-14(2,3)10(12(15)16)7-9-17-18-11-6-4-5-8-13-11/h4-6,8,10H,7,9H2,1-3H3. The van der Waals surface area contributed by atoms with Gasteiger partial charge in [0.05, 0.1) is 27.1 Å². The Morgan fingerprint density at radius 3 is 2.67 bits per heavy atom. The Kier molecular flexibility index (Phi) is 5.98. The van der Waals surface area contributed by atoms with Crippen LogP contribution in [0.3, 0.4) is 0 Å². The Morgan fingerprint density at radius 1 is 1.44 bits per heavy atom. The van der Waals surface area contributed by atoms with E-state index in [-0.39, 0.29) is 0 Å². The average Bonchev–Trinajstić information content (AvgIpc) is 2.27. The molecule has 6 heteroatoms. The van der Waals surface area contributed by atoms with Gasteiger partial charge in [-0.3, -0.25) is 0 Å². The van der Waals surface area contributed by atoms with Crippen molar-refractivity contribution in [3.8, 4) is 0 Å². The fraction of sp³-hybridized carbons (Fsp3) is 0.500. The maximum Gasteiger partial charge on any atom is 0.129 e. The number of aliphatic carboxylic acids is 1. The lowest BCUT2D eigenvalue weighted by atomic mass is 10.2. The zero-order chi connectivity index (χ0) is 13.6.